The summed E-state index contributed by atoms with van der Waals surface area (Å²) in [6.07, 6.45) is 20.5. The van der Waals surface area contributed by atoms with E-state index in [0.717, 1.165) is 50.5 Å². The maximum atomic E-state index is 11.7. The van der Waals surface area contributed by atoms with E-state index in [1.54, 1.807) is 12.4 Å². The number of pyridine rings is 1. The molecule has 4 nitrogen and oxygen atoms in total. The second-order valence-corrected chi connectivity index (χ2v) is 7.35. The molecular weight excluding hydrogens is 350 g/mol. The summed E-state index contributed by atoms with van der Waals surface area (Å²) in [7, 11) is 0. The zero-order chi connectivity index (χ0) is 20.3. The average molecular weight is 388 g/mol. The molecule has 1 aromatic rings. The largest absolute Gasteiger partial charge is 0.461 e. The number of esters is 1. The molecule has 0 bridgehead atoms. The number of unbranched alkanes of at least 4 members (excludes halogenated alkanes) is 8. The Balaban J connectivity index is 1.88. The van der Waals surface area contributed by atoms with Crippen LogP contribution in [0.3, 0.4) is 0 Å². The van der Waals surface area contributed by atoms with E-state index in [4.69, 9.17) is 4.74 Å². The molecule has 0 fully saturated rings. The highest BCUT2D eigenvalue weighted by atomic mass is 16.5. The van der Waals surface area contributed by atoms with Crippen LogP contribution in [0.5, 0.6) is 0 Å². The van der Waals surface area contributed by atoms with Gasteiger partial charge in [0.15, 0.2) is 0 Å². The van der Waals surface area contributed by atoms with Gasteiger partial charge >= 0.3 is 5.97 Å². The number of hydrogen-bond donors (Lipinski definition) is 0. The molecule has 0 radical (unpaired) electrons. The van der Waals surface area contributed by atoms with E-state index in [-0.39, 0.29) is 5.97 Å². The van der Waals surface area contributed by atoms with E-state index in [2.05, 4.69) is 18.0 Å². The molecule has 28 heavy (non-hydrogen) atoms. The summed E-state index contributed by atoms with van der Waals surface area (Å²) in [5, 5.41) is 0. The van der Waals surface area contributed by atoms with Gasteiger partial charge in [0.25, 0.3) is 0 Å². The Morgan fingerprint density at radius 1 is 0.964 bits per heavy atom. The van der Waals surface area contributed by atoms with Crippen molar-refractivity contribution in [1.82, 2.24) is 4.98 Å². The molecule has 0 saturated carbocycles. The van der Waals surface area contributed by atoms with Gasteiger partial charge in [-0.25, -0.2) is 0 Å². The Morgan fingerprint density at radius 3 is 2.50 bits per heavy atom. The van der Waals surface area contributed by atoms with Crippen molar-refractivity contribution in [3.63, 3.8) is 0 Å². The van der Waals surface area contributed by atoms with Crippen molar-refractivity contribution >= 4 is 11.8 Å². The Hall–Kier alpha value is -1.97. The number of allylic oxidation sites excluding steroid dienone is 2. The average Bonchev–Trinajstić information content (AvgIpc) is 2.72. The van der Waals surface area contributed by atoms with E-state index < -0.39 is 0 Å². The van der Waals surface area contributed by atoms with Gasteiger partial charge in [0.2, 0.25) is 0 Å². The van der Waals surface area contributed by atoms with E-state index in [9.17, 15) is 9.59 Å². The predicted octanol–water partition coefficient (Wildman–Crippen LogP) is 6.34. The van der Waals surface area contributed by atoms with Crippen molar-refractivity contribution in [3.05, 3.63) is 42.2 Å². The fraction of sp³-hybridized carbons (Fsp3) is 0.625. The first kappa shape index (κ1) is 24.1. The van der Waals surface area contributed by atoms with Crippen LogP contribution in [-0.2, 0) is 20.9 Å². The van der Waals surface area contributed by atoms with Crippen LogP contribution in [0.25, 0.3) is 0 Å². The minimum atomic E-state index is -0.133. The van der Waals surface area contributed by atoms with Crippen molar-refractivity contribution < 1.29 is 14.3 Å². The molecule has 1 aromatic heterocycles. The second kappa shape index (κ2) is 17.2. The lowest BCUT2D eigenvalue weighted by Crippen LogP contribution is -2.04. The molecule has 4 heteroatoms. The van der Waals surface area contributed by atoms with Crippen LogP contribution in [0.15, 0.2) is 36.7 Å². The smallest absolute Gasteiger partial charge is 0.306 e. The van der Waals surface area contributed by atoms with E-state index in [1.807, 2.05) is 18.2 Å². The minimum absolute atomic E-state index is 0.133. The molecule has 0 spiro atoms. The lowest BCUT2D eigenvalue weighted by atomic mass is 10.1. The number of ketones is 1. The molecule has 0 unspecified atom stereocenters. The summed E-state index contributed by atoms with van der Waals surface area (Å²) >= 11 is 0. The van der Waals surface area contributed by atoms with Gasteiger partial charge in [0.1, 0.15) is 12.4 Å². The highest BCUT2D eigenvalue weighted by Gasteiger charge is 2.03. The highest BCUT2D eigenvalue weighted by Crippen LogP contribution is 2.10. The molecule has 0 atom stereocenters. The van der Waals surface area contributed by atoms with Gasteiger partial charge in [0, 0.05) is 37.2 Å². The summed E-state index contributed by atoms with van der Waals surface area (Å²) in [4.78, 5) is 27.4. The second-order valence-electron chi connectivity index (χ2n) is 7.35. The summed E-state index contributed by atoms with van der Waals surface area (Å²) in [5.74, 6) is 0.230. The number of carbonyl (C=O) groups excluding carboxylic acids is 2. The maximum absolute atomic E-state index is 11.7. The lowest BCUT2D eigenvalue weighted by Gasteiger charge is -2.04. The van der Waals surface area contributed by atoms with E-state index in [1.165, 1.54) is 25.7 Å². The molecular formula is C24H37NO3. The topological polar surface area (TPSA) is 56.3 Å². The van der Waals surface area contributed by atoms with Crippen molar-refractivity contribution in [2.75, 3.05) is 0 Å². The van der Waals surface area contributed by atoms with Crippen molar-refractivity contribution in [3.8, 4) is 0 Å². The fourth-order valence-electron chi connectivity index (χ4n) is 2.96. The first-order chi connectivity index (χ1) is 13.7. The minimum Gasteiger partial charge on any atom is -0.461 e. The predicted molar refractivity (Wildman–Crippen MR) is 114 cm³/mol. The maximum Gasteiger partial charge on any atom is 0.306 e. The number of carbonyl (C=O) groups is 2. The Labute approximate surface area is 170 Å². The Bertz CT molecular complexity index is 554. The van der Waals surface area contributed by atoms with E-state index >= 15 is 0 Å². The van der Waals surface area contributed by atoms with Gasteiger partial charge in [-0.3, -0.25) is 14.6 Å². The van der Waals surface area contributed by atoms with Crippen LogP contribution in [-0.4, -0.2) is 16.7 Å². The number of Topliss-reactive ketones (excluding diaryl/α,β-unsaturated/α-hetero) is 1. The van der Waals surface area contributed by atoms with Crippen molar-refractivity contribution in [2.24, 2.45) is 0 Å². The summed E-state index contributed by atoms with van der Waals surface area (Å²) in [6, 6.07) is 3.74. The quantitative estimate of drug-likeness (QED) is 0.178. The van der Waals surface area contributed by atoms with Gasteiger partial charge in [-0.2, -0.15) is 0 Å². The Morgan fingerprint density at radius 2 is 1.71 bits per heavy atom. The lowest BCUT2D eigenvalue weighted by molar-refractivity contribution is -0.145. The van der Waals surface area contributed by atoms with Crippen LogP contribution in [0.4, 0.5) is 0 Å². The molecule has 0 aliphatic rings. The molecule has 0 saturated heterocycles. The van der Waals surface area contributed by atoms with Crippen LogP contribution < -0.4 is 0 Å². The standard InChI is InChI=1S/C24H37NO3/c1-2-3-4-11-16-23(26)17-12-9-7-5-6-8-10-13-18-24(27)28-21-22-15-14-19-25-20-22/h9,12,14-15,19-20H,2-8,10-11,13,16-18,21H2,1H3/b12-9-. The summed E-state index contributed by atoms with van der Waals surface area (Å²) in [5.41, 5.74) is 0.919. The third-order valence-corrected chi connectivity index (χ3v) is 4.70. The first-order valence-corrected chi connectivity index (χ1v) is 10.9. The number of rotatable bonds is 17. The molecule has 0 aliphatic carbocycles. The van der Waals surface area contributed by atoms with Crippen molar-refractivity contribution in [1.29, 1.82) is 0 Å². The molecule has 0 amide bonds. The number of hydrogen-bond acceptors (Lipinski definition) is 4. The number of nitrogens with zero attached hydrogens (tertiary/aromatic N) is 1. The SMILES string of the molecule is CCCCCCC(=O)C/C=C\CCCCCCCC(=O)OCc1cccnc1. The molecule has 0 N–H and O–H groups in total. The Kier molecular flexibility index (Phi) is 14.7. The summed E-state index contributed by atoms with van der Waals surface area (Å²) in [6.45, 7) is 2.49. The van der Waals surface area contributed by atoms with Crippen LogP contribution in [0, 0.1) is 0 Å². The molecule has 1 heterocycles. The zero-order valence-corrected chi connectivity index (χ0v) is 17.5. The van der Waals surface area contributed by atoms with Gasteiger partial charge in [-0.05, 0) is 31.7 Å². The summed E-state index contributed by atoms with van der Waals surface area (Å²) < 4.78 is 5.24. The third-order valence-electron chi connectivity index (χ3n) is 4.70. The normalized spacial score (nSPS) is 11.0. The van der Waals surface area contributed by atoms with Gasteiger partial charge in [-0.1, -0.05) is 63.7 Å². The van der Waals surface area contributed by atoms with Crippen molar-refractivity contribution in [2.45, 2.75) is 97.0 Å². The molecule has 0 aromatic carbocycles. The monoisotopic (exact) mass is 387 g/mol. The van der Waals surface area contributed by atoms with Crippen LogP contribution in [0.1, 0.15) is 96.0 Å². The first-order valence-electron chi connectivity index (χ1n) is 10.9. The van der Waals surface area contributed by atoms with E-state index in [0.29, 0.717) is 25.2 Å². The number of aromatic nitrogens is 1. The molecule has 0 aliphatic heterocycles. The zero-order valence-electron chi connectivity index (χ0n) is 17.5. The van der Waals surface area contributed by atoms with Crippen LogP contribution >= 0.6 is 0 Å². The van der Waals surface area contributed by atoms with Crippen LogP contribution in [0.2, 0.25) is 0 Å². The molecule has 156 valence electrons. The highest BCUT2D eigenvalue weighted by molar-refractivity contribution is 5.79. The number of ether oxygens (including phenoxy) is 1. The third kappa shape index (κ3) is 14.1. The molecule has 1 rings (SSSR count). The van der Waals surface area contributed by atoms with Gasteiger partial charge < -0.3 is 4.74 Å². The van der Waals surface area contributed by atoms with Gasteiger partial charge in [-0.15, -0.1) is 0 Å². The fourth-order valence-corrected chi connectivity index (χ4v) is 2.96. The van der Waals surface area contributed by atoms with Gasteiger partial charge in [0.05, 0.1) is 0 Å².